The van der Waals surface area contributed by atoms with Crippen molar-refractivity contribution in [2.45, 2.75) is 43.8 Å². The summed E-state index contributed by atoms with van der Waals surface area (Å²) >= 11 is 6.42. The molecule has 2 fully saturated rings. The van der Waals surface area contributed by atoms with E-state index >= 15 is 4.39 Å². The Balaban J connectivity index is 1.24. The highest BCUT2D eigenvalue weighted by Crippen LogP contribution is 2.33. The van der Waals surface area contributed by atoms with Gasteiger partial charge in [0.25, 0.3) is 5.91 Å². The molecule has 3 N–H and O–H groups in total. The van der Waals surface area contributed by atoms with Gasteiger partial charge in [-0.1, -0.05) is 29.8 Å². The first-order valence-electron chi connectivity index (χ1n) is 12.4. The zero-order valence-electron chi connectivity index (χ0n) is 19.6. The summed E-state index contributed by atoms with van der Waals surface area (Å²) in [6.45, 7) is 2.43. The van der Waals surface area contributed by atoms with Crippen molar-refractivity contribution in [2.75, 3.05) is 36.9 Å². The number of alkyl halides is 1. The zero-order chi connectivity index (χ0) is 24.3. The molecule has 2 aromatic heterocycles. The molecule has 3 atom stereocenters. The number of halogens is 2. The monoisotopic (exact) mass is 499 g/mol. The number of rotatable bonds is 7. The van der Waals surface area contributed by atoms with Crippen LogP contribution in [-0.2, 0) is 9.53 Å². The molecule has 2 aromatic rings. The van der Waals surface area contributed by atoms with E-state index in [1.54, 1.807) is 6.07 Å². The highest BCUT2D eigenvalue weighted by atomic mass is 35.5. The van der Waals surface area contributed by atoms with Crippen LogP contribution < -0.4 is 16.0 Å². The third-order valence-electron chi connectivity index (χ3n) is 7.25. The van der Waals surface area contributed by atoms with Crippen LogP contribution in [0.25, 0.3) is 11.3 Å². The molecule has 3 aliphatic rings. The number of hydrogen-bond acceptors (Lipinski definition) is 6. The summed E-state index contributed by atoms with van der Waals surface area (Å²) in [6.07, 6.45) is 9.61. The van der Waals surface area contributed by atoms with Crippen LogP contribution in [0, 0.1) is 11.8 Å². The highest BCUT2D eigenvalue weighted by molar-refractivity contribution is 6.33. The number of hydrogen-bond donors (Lipinski definition) is 3. The van der Waals surface area contributed by atoms with Crippen molar-refractivity contribution in [3.63, 3.8) is 0 Å². The maximum Gasteiger partial charge on any atom is 0.264 e. The number of ether oxygens (including phenoxy) is 1. The van der Waals surface area contributed by atoms with Crippen LogP contribution in [0.2, 0.25) is 5.02 Å². The molecule has 9 heteroatoms. The molecule has 4 heterocycles. The van der Waals surface area contributed by atoms with Crippen molar-refractivity contribution in [1.29, 1.82) is 0 Å². The normalized spacial score (nSPS) is 26.7. The number of carbonyl (C=O) groups excluding carboxylic acids is 1. The lowest BCUT2D eigenvalue weighted by Gasteiger charge is -2.38. The Bertz CT molecular complexity index is 1080. The number of nitrogens with one attached hydrogen (secondary N) is 3. The Hall–Kier alpha value is -2.55. The summed E-state index contributed by atoms with van der Waals surface area (Å²) in [5, 5.41) is 9.67. The molecule has 0 spiro atoms. The van der Waals surface area contributed by atoms with E-state index in [1.165, 1.54) is 6.20 Å². The minimum Gasteiger partial charge on any atom is -0.381 e. The molecular weight excluding hydrogens is 469 g/mol. The average molecular weight is 500 g/mol. The first-order valence-corrected chi connectivity index (χ1v) is 12.7. The molecule has 5 rings (SSSR count). The second kappa shape index (κ2) is 10.6. The Morgan fingerprint density at radius 3 is 2.80 bits per heavy atom. The van der Waals surface area contributed by atoms with E-state index in [0.29, 0.717) is 34.5 Å². The molecule has 0 radical (unpaired) electrons. The first-order chi connectivity index (χ1) is 17.0. The van der Waals surface area contributed by atoms with Crippen molar-refractivity contribution in [2.24, 2.45) is 11.8 Å². The molecule has 1 aliphatic carbocycles. The van der Waals surface area contributed by atoms with Gasteiger partial charge in [0.2, 0.25) is 5.67 Å². The van der Waals surface area contributed by atoms with Gasteiger partial charge in [0.1, 0.15) is 11.6 Å². The van der Waals surface area contributed by atoms with Gasteiger partial charge < -0.3 is 20.7 Å². The van der Waals surface area contributed by atoms with Crippen molar-refractivity contribution < 1.29 is 13.9 Å². The number of anilines is 2. The predicted octanol–water partition coefficient (Wildman–Crippen LogP) is 4.61. The smallest absolute Gasteiger partial charge is 0.264 e. The molecule has 2 unspecified atom stereocenters. The van der Waals surface area contributed by atoms with E-state index in [2.05, 4.69) is 33.1 Å². The van der Waals surface area contributed by atoms with Gasteiger partial charge in [-0.25, -0.2) is 14.4 Å². The standard InChI is InChI=1S/C26H31ClFN5O2/c27-20-15-30-24(33-25(34)26(28)10-7-21(31-16-26)18-3-1-4-18)13-19(20)22-5-2-6-23(32-22)29-14-17-8-11-35-12-9-17/h1-3,5-6,13,15,17-18,21,31H,4,7-12,14,16H2,(H,29,32)(H,30,33,34)/t18?,21?,26-/m1/s1. The van der Waals surface area contributed by atoms with Crippen molar-refractivity contribution in [3.05, 3.63) is 47.6 Å². The molecule has 1 amide bonds. The Morgan fingerprint density at radius 2 is 2.09 bits per heavy atom. The first kappa shape index (κ1) is 24.2. The second-order valence-electron chi connectivity index (χ2n) is 9.67. The van der Waals surface area contributed by atoms with Crippen LogP contribution >= 0.6 is 11.6 Å². The van der Waals surface area contributed by atoms with Crippen molar-refractivity contribution in [1.82, 2.24) is 15.3 Å². The Kier molecular flexibility index (Phi) is 7.32. The van der Waals surface area contributed by atoms with E-state index < -0.39 is 11.6 Å². The Labute approximate surface area is 209 Å². The zero-order valence-corrected chi connectivity index (χ0v) is 20.4. The second-order valence-corrected chi connectivity index (χ2v) is 10.1. The third kappa shape index (κ3) is 5.66. The van der Waals surface area contributed by atoms with Gasteiger partial charge in [-0.05, 0) is 62.1 Å². The van der Waals surface area contributed by atoms with Crippen LogP contribution in [0.4, 0.5) is 16.0 Å². The molecule has 7 nitrogen and oxygen atoms in total. The van der Waals surface area contributed by atoms with E-state index in [-0.39, 0.29) is 24.8 Å². The van der Waals surface area contributed by atoms with Crippen molar-refractivity contribution >= 4 is 29.1 Å². The number of allylic oxidation sites excluding steroid dienone is 1. The summed E-state index contributed by atoms with van der Waals surface area (Å²) in [4.78, 5) is 21.7. The third-order valence-corrected chi connectivity index (χ3v) is 7.55. The summed E-state index contributed by atoms with van der Waals surface area (Å²) in [6, 6.07) is 7.54. The van der Waals surface area contributed by atoms with Crippen LogP contribution in [0.5, 0.6) is 0 Å². The fourth-order valence-electron chi connectivity index (χ4n) is 4.83. The van der Waals surface area contributed by atoms with Crippen LogP contribution in [0.15, 0.2) is 42.6 Å². The van der Waals surface area contributed by atoms with Gasteiger partial charge in [0.15, 0.2) is 0 Å². The fraction of sp³-hybridized carbons (Fsp3) is 0.500. The van der Waals surface area contributed by atoms with E-state index in [9.17, 15) is 4.79 Å². The number of pyridine rings is 2. The summed E-state index contributed by atoms with van der Waals surface area (Å²) in [5.41, 5.74) is -0.703. The predicted molar refractivity (Wildman–Crippen MR) is 135 cm³/mol. The summed E-state index contributed by atoms with van der Waals surface area (Å²) in [5.74, 6) is 1.31. The number of aromatic nitrogens is 2. The van der Waals surface area contributed by atoms with E-state index in [0.717, 1.165) is 44.8 Å². The molecular formula is C26H31ClFN5O2. The molecule has 0 bridgehead atoms. The van der Waals surface area contributed by atoms with Gasteiger partial charge in [-0.3, -0.25) is 4.79 Å². The van der Waals surface area contributed by atoms with Crippen molar-refractivity contribution in [3.8, 4) is 11.3 Å². The van der Waals surface area contributed by atoms with Gasteiger partial charge in [0.05, 0.1) is 10.7 Å². The van der Waals surface area contributed by atoms with Crippen LogP contribution in [-0.4, -0.2) is 53.9 Å². The van der Waals surface area contributed by atoms with E-state index in [1.807, 2.05) is 18.2 Å². The average Bonchev–Trinajstić information content (AvgIpc) is 2.85. The summed E-state index contributed by atoms with van der Waals surface area (Å²) in [7, 11) is 0. The topological polar surface area (TPSA) is 88.2 Å². The molecule has 35 heavy (non-hydrogen) atoms. The lowest BCUT2D eigenvalue weighted by molar-refractivity contribution is -0.129. The number of nitrogens with zero attached hydrogens (tertiary/aromatic N) is 2. The summed E-state index contributed by atoms with van der Waals surface area (Å²) < 4.78 is 20.9. The lowest BCUT2D eigenvalue weighted by atomic mass is 9.80. The van der Waals surface area contributed by atoms with Gasteiger partial charge in [-0.2, -0.15) is 0 Å². The molecule has 2 saturated heterocycles. The SMILES string of the molecule is O=C(Nc1cc(-c2cccc(NCC3CCOCC3)n2)c(Cl)cn1)[C@@]1(F)CCC(C2C=CC2)NC1. The van der Waals surface area contributed by atoms with Gasteiger partial charge in [-0.15, -0.1) is 0 Å². The molecule has 0 saturated carbocycles. The van der Waals surface area contributed by atoms with Gasteiger partial charge in [0, 0.05) is 44.1 Å². The van der Waals surface area contributed by atoms with Crippen LogP contribution in [0.1, 0.15) is 32.1 Å². The highest BCUT2D eigenvalue weighted by Gasteiger charge is 2.43. The minimum atomic E-state index is -1.97. The lowest BCUT2D eigenvalue weighted by Crippen LogP contribution is -2.56. The Morgan fingerprint density at radius 1 is 1.26 bits per heavy atom. The molecule has 0 aromatic carbocycles. The fourth-order valence-corrected chi connectivity index (χ4v) is 5.03. The maximum absolute atomic E-state index is 15.4. The quantitative estimate of drug-likeness (QED) is 0.482. The van der Waals surface area contributed by atoms with Gasteiger partial charge >= 0.3 is 0 Å². The molecule has 186 valence electrons. The largest absolute Gasteiger partial charge is 0.381 e. The molecule has 2 aliphatic heterocycles. The minimum absolute atomic E-state index is 0.00330. The maximum atomic E-state index is 15.4. The number of amides is 1. The van der Waals surface area contributed by atoms with E-state index in [4.69, 9.17) is 21.3 Å². The van der Waals surface area contributed by atoms with Crippen LogP contribution in [0.3, 0.4) is 0 Å². The number of carbonyl (C=O) groups is 1. The number of piperidine rings is 1.